The van der Waals surface area contributed by atoms with Gasteiger partial charge in [0.1, 0.15) is 0 Å². The van der Waals surface area contributed by atoms with E-state index in [-0.39, 0.29) is 18.2 Å². The number of anilines is 2. The van der Waals surface area contributed by atoms with Gasteiger partial charge in [-0.15, -0.1) is 0 Å². The highest BCUT2D eigenvalue weighted by molar-refractivity contribution is 6.10. The van der Waals surface area contributed by atoms with Crippen molar-refractivity contribution < 1.29 is 9.59 Å². The average Bonchev–Trinajstić information content (AvgIpc) is 2.80. The number of hydrogen-bond donors (Lipinski definition) is 3. The van der Waals surface area contributed by atoms with Crippen molar-refractivity contribution >= 4 is 23.2 Å². The first-order chi connectivity index (χ1) is 11.7. The molecule has 2 heterocycles. The summed E-state index contributed by atoms with van der Waals surface area (Å²) in [5.41, 5.74) is 5.50. The standard InChI is InChI=1S/C19H19N3O2/c23-18-11-16-15(2-1-3-17(16)22-18)19(24)21-14-5-4-12-6-8-20-9-7-13(12)10-14/h1-5,10,20H,6-9,11H2,(H,21,24)(H,22,23). The van der Waals surface area contributed by atoms with Gasteiger partial charge < -0.3 is 16.0 Å². The van der Waals surface area contributed by atoms with E-state index in [9.17, 15) is 9.59 Å². The molecule has 2 aliphatic heterocycles. The molecule has 122 valence electrons. The van der Waals surface area contributed by atoms with E-state index in [1.54, 1.807) is 12.1 Å². The molecular formula is C19H19N3O2. The lowest BCUT2D eigenvalue weighted by molar-refractivity contribution is -0.115. The van der Waals surface area contributed by atoms with Crippen molar-refractivity contribution in [2.45, 2.75) is 19.3 Å². The molecule has 0 saturated carbocycles. The van der Waals surface area contributed by atoms with Crippen LogP contribution in [-0.2, 0) is 24.1 Å². The summed E-state index contributed by atoms with van der Waals surface area (Å²) in [6.45, 7) is 1.96. The lowest BCUT2D eigenvalue weighted by atomic mass is 10.0. The molecular weight excluding hydrogens is 302 g/mol. The third kappa shape index (κ3) is 2.78. The monoisotopic (exact) mass is 321 g/mol. The molecule has 5 nitrogen and oxygen atoms in total. The Morgan fingerprint density at radius 3 is 2.75 bits per heavy atom. The van der Waals surface area contributed by atoms with E-state index in [2.05, 4.69) is 28.1 Å². The highest BCUT2D eigenvalue weighted by Crippen LogP contribution is 2.27. The second-order valence-corrected chi connectivity index (χ2v) is 6.24. The van der Waals surface area contributed by atoms with Crippen LogP contribution < -0.4 is 16.0 Å². The van der Waals surface area contributed by atoms with Crippen LogP contribution in [0.2, 0.25) is 0 Å². The largest absolute Gasteiger partial charge is 0.326 e. The predicted octanol–water partition coefficient (Wildman–Crippen LogP) is 2.12. The topological polar surface area (TPSA) is 70.2 Å². The molecule has 0 saturated heterocycles. The Hall–Kier alpha value is -2.66. The molecule has 0 aliphatic carbocycles. The quantitative estimate of drug-likeness (QED) is 0.793. The van der Waals surface area contributed by atoms with E-state index >= 15 is 0 Å². The molecule has 2 amide bonds. The lowest BCUT2D eigenvalue weighted by Gasteiger charge is -2.11. The molecule has 2 aromatic rings. The van der Waals surface area contributed by atoms with E-state index in [0.717, 1.165) is 42.9 Å². The van der Waals surface area contributed by atoms with Crippen LogP contribution in [0.4, 0.5) is 11.4 Å². The second kappa shape index (κ2) is 6.09. The Balaban J connectivity index is 1.58. The second-order valence-electron chi connectivity index (χ2n) is 6.24. The van der Waals surface area contributed by atoms with E-state index in [1.807, 2.05) is 12.1 Å². The molecule has 0 unspecified atom stereocenters. The number of rotatable bonds is 2. The number of carbonyl (C=O) groups excluding carboxylic acids is 2. The zero-order valence-electron chi connectivity index (χ0n) is 13.3. The maximum atomic E-state index is 12.7. The van der Waals surface area contributed by atoms with Gasteiger partial charge in [0.15, 0.2) is 0 Å². The van der Waals surface area contributed by atoms with Crippen molar-refractivity contribution in [3.8, 4) is 0 Å². The maximum absolute atomic E-state index is 12.7. The Morgan fingerprint density at radius 1 is 1.04 bits per heavy atom. The van der Waals surface area contributed by atoms with Crippen molar-refractivity contribution in [1.29, 1.82) is 0 Å². The molecule has 0 spiro atoms. The summed E-state index contributed by atoms with van der Waals surface area (Å²) in [6, 6.07) is 11.5. The van der Waals surface area contributed by atoms with Gasteiger partial charge in [-0.1, -0.05) is 12.1 Å². The fraction of sp³-hybridized carbons (Fsp3) is 0.263. The van der Waals surface area contributed by atoms with Crippen LogP contribution in [0.15, 0.2) is 36.4 Å². The van der Waals surface area contributed by atoms with Crippen molar-refractivity contribution in [2.75, 3.05) is 23.7 Å². The van der Waals surface area contributed by atoms with Gasteiger partial charge in [-0.2, -0.15) is 0 Å². The number of benzene rings is 2. The fourth-order valence-corrected chi connectivity index (χ4v) is 3.41. The smallest absolute Gasteiger partial charge is 0.256 e. The minimum atomic E-state index is -0.171. The van der Waals surface area contributed by atoms with Crippen LogP contribution in [-0.4, -0.2) is 24.9 Å². The normalized spacial score (nSPS) is 15.9. The van der Waals surface area contributed by atoms with Crippen molar-refractivity contribution in [1.82, 2.24) is 5.32 Å². The van der Waals surface area contributed by atoms with Crippen molar-refractivity contribution in [3.05, 3.63) is 58.7 Å². The van der Waals surface area contributed by atoms with Gasteiger partial charge >= 0.3 is 0 Å². The summed E-state index contributed by atoms with van der Waals surface area (Å²) < 4.78 is 0. The van der Waals surface area contributed by atoms with Gasteiger partial charge in [0.2, 0.25) is 5.91 Å². The predicted molar refractivity (Wildman–Crippen MR) is 93.4 cm³/mol. The molecule has 24 heavy (non-hydrogen) atoms. The molecule has 3 N–H and O–H groups in total. The maximum Gasteiger partial charge on any atom is 0.256 e. The summed E-state index contributed by atoms with van der Waals surface area (Å²) in [7, 11) is 0. The molecule has 0 radical (unpaired) electrons. The summed E-state index contributed by atoms with van der Waals surface area (Å²) in [5, 5.41) is 9.14. The number of hydrogen-bond acceptors (Lipinski definition) is 3. The Kier molecular flexibility index (Phi) is 3.78. The van der Waals surface area contributed by atoms with E-state index < -0.39 is 0 Å². The van der Waals surface area contributed by atoms with Crippen LogP contribution in [0.3, 0.4) is 0 Å². The highest BCUT2D eigenvalue weighted by Gasteiger charge is 2.23. The lowest BCUT2D eigenvalue weighted by Crippen LogP contribution is -2.16. The number of amides is 2. The summed E-state index contributed by atoms with van der Waals surface area (Å²) >= 11 is 0. The number of carbonyl (C=O) groups is 2. The average molecular weight is 321 g/mol. The zero-order chi connectivity index (χ0) is 16.5. The van der Waals surface area contributed by atoms with Gasteiger partial charge in [0, 0.05) is 16.9 Å². The van der Waals surface area contributed by atoms with Crippen LogP contribution in [0.25, 0.3) is 0 Å². The van der Waals surface area contributed by atoms with E-state index in [1.165, 1.54) is 11.1 Å². The summed E-state index contributed by atoms with van der Waals surface area (Å²) in [6.07, 6.45) is 2.25. The molecule has 0 fully saturated rings. The molecule has 0 aromatic heterocycles. The van der Waals surface area contributed by atoms with Gasteiger partial charge in [-0.3, -0.25) is 9.59 Å². The Labute approximate surface area is 140 Å². The van der Waals surface area contributed by atoms with E-state index in [4.69, 9.17) is 0 Å². The minimum Gasteiger partial charge on any atom is -0.326 e. The van der Waals surface area contributed by atoms with Gasteiger partial charge in [-0.25, -0.2) is 0 Å². The molecule has 0 atom stereocenters. The molecule has 0 bridgehead atoms. The SMILES string of the molecule is O=C1Cc2c(cccc2C(=O)Nc2ccc3c(c2)CCNCC3)N1. The van der Waals surface area contributed by atoms with Crippen LogP contribution in [0.1, 0.15) is 27.0 Å². The fourth-order valence-electron chi connectivity index (χ4n) is 3.41. The number of nitrogens with one attached hydrogen (secondary N) is 3. The summed E-state index contributed by atoms with van der Waals surface area (Å²) in [4.78, 5) is 24.2. The van der Waals surface area contributed by atoms with Crippen molar-refractivity contribution in [2.24, 2.45) is 0 Å². The number of fused-ring (bicyclic) bond motifs is 2. The molecule has 2 aromatic carbocycles. The Bertz CT molecular complexity index is 829. The summed E-state index contributed by atoms with van der Waals surface area (Å²) in [5.74, 6) is -0.238. The highest BCUT2D eigenvalue weighted by atomic mass is 16.2. The molecule has 2 aliphatic rings. The molecule has 4 rings (SSSR count). The van der Waals surface area contributed by atoms with Gasteiger partial charge in [0.25, 0.3) is 5.91 Å². The third-order valence-electron chi connectivity index (χ3n) is 4.64. The van der Waals surface area contributed by atoms with Gasteiger partial charge in [0.05, 0.1) is 6.42 Å². The molecule has 5 heteroatoms. The van der Waals surface area contributed by atoms with Crippen molar-refractivity contribution in [3.63, 3.8) is 0 Å². The first kappa shape index (κ1) is 14.9. The third-order valence-corrected chi connectivity index (χ3v) is 4.64. The van der Waals surface area contributed by atoms with Crippen LogP contribution >= 0.6 is 0 Å². The van der Waals surface area contributed by atoms with Crippen LogP contribution in [0.5, 0.6) is 0 Å². The van der Waals surface area contributed by atoms with Gasteiger partial charge in [-0.05, 0) is 66.9 Å². The first-order valence-electron chi connectivity index (χ1n) is 8.26. The first-order valence-corrected chi connectivity index (χ1v) is 8.26. The Morgan fingerprint density at radius 2 is 1.88 bits per heavy atom. The minimum absolute atomic E-state index is 0.0669. The van der Waals surface area contributed by atoms with Crippen LogP contribution in [0, 0.1) is 0 Å². The van der Waals surface area contributed by atoms with E-state index in [0.29, 0.717) is 5.56 Å². The zero-order valence-corrected chi connectivity index (χ0v) is 13.3.